The molecule has 0 radical (unpaired) electrons. The zero-order chi connectivity index (χ0) is 11.5. The summed E-state index contributed by atoms with van der Waals surface area (Å²) in [6.07, 6.45) is 0. The summed E-state index contributed by atoms with van der Waals surface area (Å²) < 4.78 is 1.56. The van der Waals surface area contributed by atoms with Crippen molar-refractivity contribution in [3.05, 3.63) is 28.8 Å². The third-order valence-corrected chi connectivity index (χ3v) is 3.35. The lowest BCUT2D eigenvalue weighted by Gasteiger charge is -2.05. The molecule has 1 aromatic heterocycles. The normalized spacial score (nSPS) is 10.7. The first kappa shape index (κ1) is 11.4. The number of rotatable bonds is 3. The van der Waals surface area contributed by atoms with E-state index in [0.717, 1.165) is 10.5 Å². The van der Waals surface area contributed by atoms with Gasteiger partial charge < -0.3 is 5.11 Å². The van der Waals surface area contributed by atoms with Crippen molar-refractivity contribution in [3.63, 3.8) is 0 Å². The van der Waals surface area contributed by atoms with E-state index in [-0.39, 0.29) is 6.61 Å². The van der Waals surface area contributed by atoms with Crippen LogP contribution in [0.4, 0.5) is 0 Å². The highest BCUT2D eigenvalue weighted by molar-refractivity contribution is 7.99. The van der Waals surface area contributed by atoms with E-state index in [2.05, 4.69) is 15.5 Å². The molecule has 0 saturated heterocycles. The van der Waals surface area contributed by atoms with Crippen molar-refractivity contribution in [1.29, 1.82) is 0 Å². The van der Waals surface area contributed by atoms with E-state index in [1.54, 1.807) is 29.9 Å². The van der Waals surface area contributed by atoms with E-state index in [4.69, 9.17) is 11.6 Å². The van der Waals surface area contributed by atoms with E-state index in [9.17, 15) is 5.11 Å². The molecule has 0 aliphatic heterocycles. The van der Waals surface area contributed by atoms with Crippen LogP contribution in [0.15, 0.2) is 28.3 Å². The molecule has 0 bridgehead atoms. The van der Waals surface area contributed by atoms with Crippen LogP contribution in [0.2, 0.25) is 5.02 Å². The Morgan fingerprint density at radius 2 is 2.31 bits per heavy atom. The molecule has 0 saturated carbocycles. The van der Waals surface area contributed by atoms with Crippen LogP contribution in [0, 0.1) is 0 Å². The second-order valence-electron chi connectivity index (χ2n) is 3.10. The topological polar surface area (TPSA) is 63.8 Å². The Hall–Kier alpha value is -1.11. The maximum atomic E-state index is 9.19. The van der Waals surface area contributed by atoms with Gasteiger partial charge in [0, 0.05) is 17.0 Å². The summed E-state index contributed by atoms with van der Waals surface area (Å²) in [4.78, 5) is 0.855. The molecule has 0 spiro atoms. The summed E-state index contributed by atoms with van der Waals surface area (Å²) in [5.41, 5.74) is 0.803. The number of aromatic nitrogens is 4. The fraction of sp³-hybridized carbons (Fsp3) is 0.222. The molecule has 84 valence electrons. The smallest absolute Gasteiger partial charge is 0.213 e. The first-order valence-electron chi connectivity index (χ1n) is 4.50. The Balaban J connectivity index is 2.33. The minimum Gasteiger partial charge on any atom is -0.392 e. The SMILES string of the molecule is Cn1nnnc1Sc1cc(Cl)ccc1CO. The second-order valence-corrected chi connectivity index (χ2v) is 4.54. The summed E-state index contributed by atoms with van der Waals surface area (Å²) in [5.74, 6) is 0. The Labute approximate surface area is 101 Å². The molecule has 2 aromatic rings. The molecule has 1 N–H and O–H groups in total. The summed E-state index contributed by atoms with van der Waals surface area (Å²) in [7, 11) is 1.76. The van der Waals surface area contributed by atoms with Gasteiger partial charge in [0.25, 0.3) is 0 Å². The summed E-state index contributed by atoms with van der Waals surface area (Å²) >= 11 is 7.27. The van der Waals surface area contributed by atoms with Crippen LogP contribution in [0.1, 0.15) is 5.56 Å². The third kappa shape index (κ3) is 2.34. The van der Waals surface area contributed by atoms with Crippen LogP contribution >= 0.6 is 23.4 Å². The highest BCUT2D eigenvalue weighted by atomic mass is 35.5. The molecule has 7 heteroatoms. The van der Waals surface area contributed by atoms with Crippen LogP contribution in [-0.4, -0.2) is 25.3 Å². The number of halogens is 1. The molecule has 16 heavy (non-hydrogen) atoms. The number of aliphatic hydroxyl groups excluding tert-OH is 1. The standard InChI is InChI=1S/C9H9ClN4OS/c1-14-9(11-12-13-14)16-8-4-7(10)3-2-6(8)5-15/h2-4,15H,5H2,1H3. The van der Waals surface area contributed by atoms with E-state index in [1.165, 1.54) is 11.8 Å². The van der Waals surface area contributed by atoms with Crippen LogP contribution < -0.4 is 0 Å². The molecular formula is C9H9ClN4OS. The van der Waals surface area contributed by atoms with Gasteiger partial charge >= 0.3 is 0 Å². The zero-order valence-corrected chi connectivity index (χ0v) is 10.0. The van der Waals surface area contributed by atoms with Crippen LogP contribution in [0.25, 0.3) is 0 Å². The fourth-order valence-corrected chi connectivity index (χ4v) is 2.29. The van der Waals surface area contributed by atoms with Crippen molar-refractivity contribution in [2.45, 2.75) is 16.7 Å². The quantitative estimate of drug-likeness (QED) is 0.902. The van der Waals surface area contributed by atoms with E-state index >= 15 is 0 Å². The van der Waals surface area contributed by atoms with E-state index in [1.807, 2.05) is 0 Å². The number of tetrazole rings is 1. The Morgan fingerprint density at radius 3 is 2.94 bits per heavy atom. The number of aliphatic hydroxyl groups is 1. The number of nitrogens with zero attached hydrogens (tertiary/aromatic N) is 4. The van der Waals surface area contributed by atoms with Crippen LogP contribution in [-0.2, 0) is 13.7 Å². The van der Waals surface area contributed by atoms with Crippen LogP contribution in [0.5, 0.6) is 0 Å². The maximum absolute atomic E-state index is 9.19. The first-order chi connectivity index (χ1) is 7.70. The van der Waals surface area contributed by atoms with Gasteiger partial charge in [0.1, 0.15) is 0 Å². The minimum absolute atomic E-state index is 0.0369. The van der Waals surface area contributed by atoms with Gasteiger partial charge in [-0.15, -0.1) is 5.10 Å². The van der Waals surface area contributed by atoms with E-state index < -0.39 is 0 Å². The van der Waals surface area contributed by atoms with Gasteiger partial charge in [-0.05, 0) is 39.9 Å². The van der Waals surface area contributed by atoms with Crippen molar-refractivity contribution in [2.24, 2.45) is 7.05 Å². The molecule has 0 unspecified atom stereocenters. The van der Waals surface area contributed by atoms with E-state index in [0.29, 0.717) is 10.2 Å². The summed E-state index contributed by atoms with van der Waals surface area (Å²) in [5, 5.41) is 21.6. The average molecular weight is 257 g/mol. The van der Waals surface area contributed by atoms with Gasteiger partial charge in [-0.1, -0.05) is 17.7 Å². The van der Waals surface area contributed by atoms with Gasteiger partial charge in [0.2, 0.25) is 5.16 Å². The second kappa shape index (κ2) is 4.82. The fourth-order valence-electron chi connectivity index (χ4n) is 1.16. The zero-order valence-electron chi connectivity index (χ0n) is 8.46. The number of hydrogen-bond acceptors (Lipinski definition) is 5. The molecule has 5 nitrogen and oxygen atoms in total. The predicted octanol–water partition coefficient (Wildman–Crippen LogP) is 1.51. The van der Waals surface area contributed by atoms with Crippen LogP contribution in [0.3, 0.4) is 0 Å². The monoisotopic (exact) mass is 256 g/mol. The molecule has 1 heterocycles. The molecule has 2 rings (SSSR count). The highest BCUT2D eigenvalue weighted by Gasteiger charge is 2.09. The molecule has 0 aliphatic rings. The lowest BCUT2D eigenvalue weighted by molar-refractivity contribution is 0.279. The van der Waals surface area contributed by atoms with Crippen molar-refractivity contribution >= 4 is 23.4 Å². The van der Waals surface area contributed by atoms with Gasteiger partial charge in [0.15, 0.2) is 0 Å². The first-order valence-corrected chi connectivity index (χ1v) is 5.69. The molecular weight excluding hydrogens is 248 g/mol. The van der Waals surface area contributed by atoms with Gasteiger partial charge in [-0.25, -0.2) is 4.68 Å². The lowest BCUT2D eigenvalue weighted by atomic mass is 10.2. The largest absolute Gasteiger partial charge is 0.392 e. The minimum atomic E-state index is -0.0369. The molecule has 0 aliphatic carbocycles. The molecule has 0 atom stereocenters. The molecule has 1 aromatic carbocycles. The summed E-state index contributed by atoms with van der Waals surface area (Å²) in [6.45, 7) is -0.0369. The Morgan fingerprint density at radius 1 is 1.50 bits per heavy atom. The number of aryl methyl sites for hydroxylation is 1. The molecule has 0 amide bonds. The molecule has 0 fully saturated rings. The highest BCUT2D eigenvalue weighted by Crippen LogP contribution is 2.30. The number of hydrogen-bond donors (Lipinski definition) is 1. The average Bonchev–Trinajstić information content (AvgIpc) is 2.65. The van der Waals surface area contributed by atoms with Gasteiger partial charge in [0.05, 0.1) is 6.61 Å². The van der Waals surface area contributed by atoms with Gasteiger partial charge in [-0.2, -0.15) is 0 Å². The number of benzene rings is 1. The maximum Gasteiger partial charge on any atom is 0.213 e. The Kier molecular flexibility index (Phi) is 3.42. The van der Waals surface area contributed by atoms with Crippen molar-refractivity contribution in [3.8, 4) is 0 Å². The lowest BCUT2D eigenvalue weighted by Crippen LogP contribution is -1.94. The van der Waals surface area contributed by atoms with Crippen molar-refractivity contribution < 1.29 is 5.11 Å². The third-order valence-electron chi connectivity index (χ3n) is 1.98. The Bertz CT molecular complexity index is 502. The van der Waals surface area contributed by atoms with Gasteiger partial charge in [-0.3, -0.25) is 0 Å². The summed E-state index contributed by atoms with van der Waals surface area (Å²) in [6, 6.07) is 5.31. The van der Waals surface area contributed by atoms with Crippen molar-refractivity contribution in [2.75, 3.05) is 0 Å². The van der Waals surface area contributed by atoms with Crippen molar-refractivity contribution in [1.82, 2.24) is 20.2 Å². The predicted molar refractivity (Wildman–Crippen MR) is 60.3 cm³/mol.